The molecular weight excluding hydrogens is 522 g/mol. The number of hydrogen-bond acceptors (Lipinski definition) is 2. The molecule has 2 nitrogen and oxygen atoms in total. The van der Waals surface area contributed by atoms with Gasteiger partial charge in [-0.2, -0.15) is 0 Å². The molecule has 0 saturated carbocycles. The largest absolute Gasteiger partial charge is 0.310 e. The summed E-state index contributed by atoms with van der Waals surface area (Å²) >= 11 is 0. The van der Waals surface area contributed by atoms with Crippen molar-refractivity contribution in [3.8, 4) is 11.1 Å². The molecule has 0 saturated heterocycles. The molecule has 6 rings (SSSR count). The minimum Gasteiger partial charge on any atom is -0.310 e. The highest BCUT2D eigenvalue weighted by atomic mass is 19.1. The van der Waals surface area contributed by atoms with E-state index >= 15 is 0 Å². The molecule has 0 heterocycles. The summed E-state index contributed by atoms with van der Waals surface area (Å²) in [5.41, 5.74) is 9.68. The fraction of sp³-hybridized carbons (Fsp3) is 0.0526. The molecule has 0 N–H and O–H groups in total. The Morgan fingerprint density at radius 1 is 0.357 bits per heavy atom. The monoisotopic (exact) mass is 552 g/mol. The topological polar surface area (TPSA) is 6.48 Å². The second-order valence-corrected chi connectivity index (χ2v) is 10.4. The molecule has 0 bridgehead atoms. The van der Waals surface area contributed by atoms with Crippen LogP contribution in [0.1, 0.15) is 11.1 Å². The van der Waals surface area contributed by atoms with E-state index in [4.69, 9.17) is 0 Å². The van der Waals surface area contributed by atoms with Gasteiger partial charge in [0.25, 0.3) is 0 Å². The first kappa shape index (κ1) is 27.0. The van der Waals surface area contributed by atoms with Gasteiger partial charge in [-0.15, -0.1) is 0 Å². The zero-order valence-electron chi connectivity index (χ0n) is 23.5. The highest BCUT2D eigenvalue weighted by molar-refractivity contribution is 5.81. The average molecular weight is 553 g/mol. The van der Waals surface area contributed by atoms with Crippen LogP contribution in [0.15, 0.2) is 146 Å². The van der Waals surface area contributed by atoms with Crippen molar-refractivity contribution in [1.82, 2.24) is 0 Å². The van der Waals surface area contributed by atoms with Gasteiger partial charge < -0.3 is 9.80 Å². The molecule has 4 heteroatoms. The lowest BCUT2D eigenvalue weighted by molar-refractivity contribution is 0.627. The van der Waals surface area contributed by atoms with Crippen molar-refractivity contribution < 1.29 is 8.78 Å². The first-order valence-electron chi connectivity index (χ1n) is 13.9. The van der Waals surface area contributed by atoms with Crippen LogP contribution in [0.2, 0.25) is 0 Å². The highest BCUT2D eigenvalue weighted by Crippen LogP contribution is 2.38. The SMILES string of the molecule is Cc1cccc(N(c2ccc(-c3ccc(N(c4cccc(C)c4)c4cccc(F)c4)cc3)cc2)c2cccc(F)c2)c1. The number of anilines is 6. The molecule has 0 fully saturated rings. The molecule has 42 heavy (non-hydrogen) atoms. The zero-order chi connectivity index (χ0) is 29.1. The Labute approximate surface area is 245 Å². The molecule has 206 valence electrons. The van der Waals surface area contributed by atoms with Gasteiger partial charge in [-0.25, -0.2) is 8.78 Å². The Morgan fingerprint density at radius 2 is 0.690 bits per heavy atom. The van der Waals surface area contributed by atoms with Crippen LogP contribution in [-0.2, 0) is 0 Å². The van der Waals surface area contributed by atoms with Crippen LogP contribution in [-0.4, -0.2) is 0 Å². The Balaban J connectivity index is 1.33. The van der Waals surface area contributed by atoms with Crippen LogP contribution in [0.4, 0.5) is 42.9 Å². The standard InChI is InChI=1S/C38H30F2N2/c1-27-7-3-11-35(23-27)41(37-13-5-9-31(39)25-37)33-19-15-29(16-20-33)30-17-21-34(22-18-30)42(36-12-4-8-28(2)24-36)38-14-6-10-32(40)26-38/h3-26H,1-2H3. The van der Waals surface area contributed by atoms with E-state index in [2.05, 4.69) is 70.5 Å². The van der Waals surface area contributed by atoms with Gasteiger partial charge in [-0.3, -0.25) is 0 Å². The Kier molecular flexibility index (Phi) is 7.52. The maximum atomic E-state index is 14.2. The fourth-order valence-corrected chi connectivity index (χ4v) is 5.26. The predicted molar refractivity (Wildman–Crippen MR) is 171 cm³/mol. The minimum absolute atomic E-state index is 0.278. The summed E-state index contributed by atoms with van der Waals surface area (Å²) in [4.78, 5) is 4.11. The first-order chi connectivity index (χ1) is 20.4. The van der Waals surface area contributed by atoms with Gasteiger partial charge in [0.1, 0.15) is 11.6 Å². The van der Waals surface area contributed by atoms with Gasteiger partial charge in [-0.1, -0.05) is 60.7 Å². The lowest BCUT2D eigenvalue weighted by Crippen LogP contribution is -2.10. The van der Waals surface area contributed by atoms with Crippen molar-refractivity contribution in [3.05, 3.63) is 168 Å². The van der Waals surface area contributed by atoms with Gasteiger partial charge in [0.2, 0.25) is 0 Å². The van der Waals surface area contributed by atoms with Gasteiger partial charge >= 0.3 is 0 Å². The molecule has 0 unspecified atom stereocenters. The predicted octanol–water partition coefficient (Wildman–Crippen LogP) is 11.2. The second-order valence-electron chi connectivity index (χ2n) is 10.4. The van der Waals surface area contributed by atoms with Crippen LogP contribution >= 0.6 is 0 Å². The molecule has 6 aromatic carbocycles. The molecular formula is C38H30F2N2. The van der Waals surface area contributed by atoms with Crippen molar-refractivity contribution in [2.45, 2.75) is 13.8 Å². The maximum Gasteiger partial charge on any atom is 0.125 e. The summed E-state index contributed by atoms with van der Waals surface area (Å²) in [6, 6.07) is 46.2. The van der Waals surface area contributed by atoms with Crippen molar-refractivity contribution in [1.29, 1.82) is 0 Å². The van der Waals surface area contributed by atoms with E-state index in [1.807, 2.05) is 62.4 Å². The molecule has 0 aliphatic heterocycles. The second kappa shape index (κ2) is 11.7. The van der Waals surface area contributed by atoms with Crippen LogP contribution in [0.5, 0.6) is 0 Å². The average Bonchev–Trinajstić information content (AvgIpc) is 2.99. The third kappa shape index (κ3) is 5.79. The third-order valence-electron chi connectivity index (χ3n) is 7.24. The van der Waals surface area contributed by atoms with Crippen molar-refractivity contribution in [3.63, 3.8) is 0 Å². The van der Waals surface area contributed by atoms with E-state index in [-0.39, 0.29) is 11.6 Å². The van der Waals surface area contributed by atoms with E-state index in [1.54, 1.807) is 24.3 Å². The lowest BCUT2D eigenvalue weighted by atomic mass is 10.0. The fourth-order valence-electron chi connectivity index (χ4n) is 5.26. The van der Waals surface area contributed by atoms with Crippen molar-refractivity contribution in [2.24, 2.45) is 0 Å². The summed E-state index contributed by atoms with van der Waals surface area (Å²) in [6.45, 7) is 4.10. The maximum absolute atomic E-state index is 14.2. The van der Waals surface area contributed by atoms with Crippen molar-refractivity contribution >= 4 is 34.1 Å². The minimum atomic E-state index is -0.278. The normalized spacial score (nSPS) is 10.9. The Morgan fingerprint density at radius 3 is 1.02 bits per heavy atom. The molecule has 6 aromatic rings. The smallest absolute Gasteiger partial charge is 0.125 e. The number of nitrogens with zero attached hydrogens (tertiary/aromatic N) is 2. The summed E-state index contributed by atoms with van der Waals surface area (Å²) in [6.07, 6.45) is 0. The Hall–Kier alpha value is -5.22. The zero-order valence-corrected chi connectivity index (χ0v) is 23.5. The molecule has 0 amide bonds. The first-order valence-corrected chi connectivity index (χ1v) is 13.9. The van der Waals surface area contributed by atoms with Crippen molar-refractivity contribution in [2.75, 3.05) is 9.80 Å². The van der Waals surface area contributed by atoms with Crippen LogP contribution in [0.3, 0.4) is 0 Å². The van der Waals surface area contributed by atoms with E-state index in [0.29, 0.717) is 0 Å². The number of aryl methyl sites for hydroxylation is 2. The van der Waals surface area contributed by atoms with E-state index in [9.17, 15) is 8.78 Å². The van der Waals surface area contributed by atoms with Crippen LogP contribution in [0, 0.1) is 25.5 Å². The van der Waals surface area contributed by atoms with Gasteiger partial charge in [0.05, 0.1) is 0 Å². The van der Waals surface area contributed by atoms with Crippen LogP contribution < -0.4 is 9.80 Å². The molecule has 0 spiro atoms. The molecule has 0 atom stereocenters. The summed E-state index contributed by atoms with van der Waals surface area (Å²) < 4.78 is 28.4. The molecule has 0 aliphatic rings. The van der Waals surface area contributed by atoms with E-state index < -0.39 is 0 Å². The molecule has 0 radical (unpaired) electrons. The van der Waals surface area contributed by atoms with Crippen LogP contribution in [0.25, 0.3) is 11.1 Å². The van der Waals surface area contributed by atoms with Gasteiger partial charge in [-0.05, 0) is 121 Å². The lowest BCUT2D eigenvalue weighted by Gasteiger charge is -2.26. The molecule has 0 aromatic heterocycles. The number of halogens is 2. The Bertz CT molecular complexity index is 1600. The number of hydrogen-bond donors (Lipinski definition) is 0. The number of rotatable bonds is 7. The quantitative estimate of drug-likeness (QED) is 0.194. The summed E-state index contributed by atoms with van der Waals surface area (Å²) in [5.74, 6) is -0.556. The summed E-state index contributed by atoms with van der Waals surface area (Å²) in [5, 5.41) is 0. The summed E-state index contributed by atoms with van der Waals surface area (Å²) in [7, 11) is 0. The molecule has 0 aliphatic carbocycles. The highest BCUT2D eigenvalue weighted by Gasteiger charge is 2.15. The third-order valence-corrected chi connectivity index (χ3v) is 7.24. The van der Waals surface area contributed by atoms with Gasteiger partial charge in [0, 0.05) is 34.1 Å². The number of benzene rings is 6. The van der Waals surface area contributed by atoms with E-state index in [1.165, 1.54) is 12.1 Å². The van der Waals surface area contributed by atoms with Gasteiger partial charge in [0.15, 0.2) is 0 Å². The van der Waals surface area contributed by atoms with E-state index in [0.717, 1.165) is 56.4 Å².